The first kappa shape index (κ1) is 13.9. The molecule has 0 aliphatic carbocycles. The summed E-state index contributed by atoms with van der Waals surface area (Å²) in [6, 6.07) is 14.7. The van der Waals surface area contributed by atoms with E-state index in [1.807, 2.05) is 30.3 Å². The molecule has 3 rings (SSSR count). The summed E-state index contributed by atoms with van der Waals surface area (Å²) in [4.78, 5) is 12.0. The van der Waals surface area contributed by atoms with Gasteiger partial charge in [-0.05, 0) is 24.3 Å². The van der Waals surface area contributed by atoms with E-state index < -0.39 is 5.97 Å². The van der Waals surface area contributed by atoms with Gasteiger partial charge in [-0.2, -0.15) is 0 Å². The number of rotatable bonds is 4. The van der Waals surface area contributed by atoms with Crippen LogP contribution in [0.15, 0.2) is 48.5 Å². The highest BCUT2D eigenvalue weighted by molar-refractivity contribution is 7.13. The molecule has 0 saturated heterocycles. The van der Waals surface area contributed by atoms with Crippen LogP contribution in [0, 0.1) is 0 Å². The number of ether oxygens (including phenoxy) is 1. The van der Waals surface area contributed by atoms with Crippen molar-refractivity contribution in [3.63, 3.8) is 0 Å². The maximum atomic E-state index is 10.9. The molecule has 0 aliphatic rings. The number of carboxylic acid groups (broad SMARTS) is 1. The molecule has 1 aromatic heterocycles. The van der Waals surface area contributed by atoms with Crippen molar-refractivity contribution in [2.24, 2.45) is 0 Å². The largest absolute Gasteiger partial charge is 0.487 e. The second kappa shape index (κ2) is 5.76. The molecule has 106 valence electrons. The second-order valence-electron chi connectivity index (χ2n) is 4.45. The zero-order valence-electron chi connectivity index (χ0n) is 10.9. The molecular weight excluding hydrogens is 308 g/mol. The predicted octanol–water partition coefficient (Wildman–Crippen LogP) is 4.83. The Kier molecular flexibility index (Phi) is 3.82. The Morgan fingerprint density at radius 3 is 2.57 bits per heavy atom. The molecule has 0 bridgehead atoms. The van der Waals surface area contributed by atoms with Gasteiger partial charge in [-0.1, -0.05) is 35.9 Å². The van der Waals surface area contributed by atoms with Crippen LogP contribution < -0.4 is 4.74 Å². The van der Waals surface area contributed by atoms with Crippen LogP contribution >= 0.6 is 22.9 Å². The standard InChI is InChI=1S/C16H11ClO3S/c17-13-6-7-14(12-4-2-1-3-11(12)13)20-9-10-5-8-15(21-10)16(18)19/h1-8H,9H2,(H,18,19). The van der Waals surface area contributed by atoms with Gasteiger partial charge in [-0.25, -0.2) is 4.79 Å². The third-order valence-corrected chi connectivity index (χ3v) is 4.45. The van der Waals surface area contributed by atoms with Crippen LogP contribution in [0.5, 0.6) is 5.75 Å². The highest BCUT2D eigenvalue weighted by Gasteiger charge is 2.09. The number of benzene rings is 2. The minimum atomic E-state index is -0.914. The van der Waals surface area contributed by atoms with Crippen molar-refractivity contribution >= 4 is 39.7 Å². The Bertz CT molecular complexity index is 810. The van der Waals surface area contributed by atoms with Gasteiger partial charge in [-0.15, -0.1) is 11.3 Å². The molecule has 1 heterocycles. The van der Waals surface area contributed by atoms with E-state index in [4.69, 9.17) is 21.4 Å². The van der Waals surface area contributed by atoms with Crippen molar-refractivity contribution < 1.29 is 14.6 Å². The van der Waals surface area contributed by atoms with Crippen LogP contribution in [0.4, 0.5) is 0 Å². The summed E-state index contributed by atoms with van der Waals surface area (Å²) in [6.07, 6.45) is 0. The maximum Gasteiger partial charge on any atom is 0.345 e. The number of hydrogen-bond donors (Lipinski definition) is 1. The maximum absolute atomic E-state index is 10.9. The molecule has 0 unspecified atom stereocenters. The van der Waals surface area contributed by atoms with E-state index in [0.717, 1.165) is 21.4 Å². The van der Waals surface area contributed by atoms with E-state index in [0.29, 0.717) is 16.5 Å². The molecule has 3 aromatic rings. The molecule has 5 heteroatoms. The van der Waals surface area contributed by atoms with Gasteiger partial charge in [0.1, 0.15) is 17.2 Å². The summed E-state index contributed by atoms with van der Waals surface area (Å²) in [5, 5.41) is 11.5. The first-order valence-electron chi connectivity index (χ1n) is 6.27. The van der Waals surface area contributed by atoms with Gasteiger partial charge in [0.15, 0.2) is 0 Å². The Balaban J connectivity index is 1.85. The van der Waals surface area contributed by atoms with Crippen molar-refractivity contribution in [3.05, 3.63) is 63.3 Å². The minimum absolute atomic E-state index is 0.314. The van der Waals surface area contributed by atoms with E-state index in [-0.39, 0.29) is 0 Å². The van der Waals surface area contributed by atoms with Gasteiger partial charge in [0.2, 0.25) is 0 Å². The lowest BCUT2D eigenvalue weighted by molar-refractivity contribution is 0.0702. The van der Waals surface area contributed by atoms with Crippen LogP contribution in [0.1, 0.15) is 14.5 Å². The number of hydrogen-bond acceptors (Lipinski definition) is 3. The summed E-state index contributed by atoms with van der Waals surface area (Å²) in [6.45, 7) is 0.337. The number of thiophene rings is 1. The van der Waals surface area contributed by atoms with Gasteiger partial charge in [0, 0.05) is 20.7 Å². The zero-order valence-corrected chi connectivity index (χ0v) is 12.4. The van der Waals surface area contributed by atoms with Crippen LogP contribution in [0.2, 0.25) is 5.02 Å². The minimum Gasteiger partial charge on any atom is -0.487 e. The van der Waals surface area contributed by atoms with Crippen molar-refractivity contribution in [1.29, 1.82) is 0 Å². The lowest BCUT2D eigenvalue weighted by Crippen LogP contribution is -1.94. The number of fused-ring (bicyclic) bond motifs is 1. The molecule has 2 aromatic carbocycles. The molecule has 21 heavy (non-hydrogen) atoms. The molecule has 0 spiro atoms. The first-order chi connectivity index (χ1) is 10.1. The van der Waals surface area contributed by atoms with Crippen LogP contribution in [0.3, 0.4) is 0 Å². The lowest BCUT2D eigenvalue weighted by Gasteiger charge is -2.09. The molecule has 0 radical (unpaired) electrons. The van der Waals surface area contributed by atoms with Crippen LogP contribution in [-0.2, 0) is 6.61 Å². The van der Waals surface area contributed by atoms with Crippen molar-refractivity contribution in [2.75, 3.05) is 0 Å². The van der Waals surface area contributed by atoms with Gasteiger partial charge in [0.05, 0.1) is 0 Å². The molecular formula is C16H11ClO3S. The Morgan fingerprint density at radius 1 is 1.10 bits per heavy atom. The number of aromatic carboxylic acids is 1. The fourth-order valence-electron chi connectivity index (χ4n) is 2.08. The smallest absolute Gasteiger partial charge is 0.345 e. The highest BCUT2D eigenvalue weighted by Crippen LogP contribution is 2.32. The molecule has 0 amide bonds. The number of carboxylic acids is 1. The van der Waals surface area contributed by atoms with E-state index in [1.54, 1.807) is 18.2 Å². The normalized spacial score (nSPS) is 10.7. The van der Waals surface area contributed by atoms with E-state index in [2.05, 4.69) is 0 Å². The van der Waals surface area contributed by atoms with Crippen molar-refractivity contribution in [3.8, 4) is 5.75 Å². The van der Waals surface area contributed by atoms with Gasteiger partial charge in [-0.3, -0.25) is 0 Å². The summed E-state index contributed by atoms with van der Waals surface area (Å²) in [5.74, 6) is -0.177. The summed E-state index contributed by atoms with van der Waals surface area (Å²) in [7, 11) is 0. The first-order valence-corrected chi connectivity index (χ1v) is 7.46. The Labute approximate surface area is 130 Å². The Morgan fingerprint density at radius 2 is 1.86 bits per heavy atom. The summed E-state index contributed by atoms with van der Waals surface area (Å²) in [5.41, 5.74) is 0. The molecule has 0 atom stereocenters. The van der Waals surface area contributed by atoms with Gasteiger partial charge < -0.3 is 9.84 Å². The fourth-order valence-corrected chi connectivity index (χ4v) is 3.07. The third kappa shape index (κ3) is 2.86. The van der Waals surface area contributed by atoms with Gasteiger partial charge >= 0.3 is 5.97 Å². The van der Waals surface area contributed by atoms with E-state index >= 15 is 0 Å². The molecule has 0 saturated carbocycles. The van der Waals surface area contributed by atoms with Crippen LogP contribution in [-0.4, -0.2) is 11.1 Å². The molecule has 1 N–H and O–H groups in total. The fraction of sp³-hybridized carbons (Fsp3) is 0.0625. The number of carbonyl (C=O) groups is 1. The molecule has 0 fully saturated rings. The average molecular weight is 319 g/mol. The third-order valence-electron chi connectivity index (χ3n) is 3.07. The highest BCUT2D eigenvalue weighted by atomic mass is 35.5. The van der Waals surface area contributed by atoms with E-state index in [1.165, 1.54) is 11.3 Å². The quantitative estimate of drug-likeness (QED) is 0.749. The zero-order chi connectivity index (χ0) is 14.8. The topological polar surface area (TPSA) is 46.5 Å². The summed E-state index contributed by atoms with van der Waals surface area (Å²) >= 11 is 7.38. The van der Waals surface area contributed by atoms with Crippen molar-refractivity contribution in [2.45, 2.75) is 6.61 Å². The second-order valence-corrected chi connectivity index (χ2v) is 6.03. The Hall–Kier alpha value is -2.04. The molecule has 0 aliphatic heterocycles. The SMILES string of the molecule is O=C(O)c1ccc(COc2ccc(Cl)c3ccccc23)s1. The molecule has 3 nitrogen and oxygen atoms in total. The number of halogens is 1. The van der Waals surface area contributed by atoms with Crippen LogP contribution in [0.25, 0.3) is 10.8 Å². The lowest BCUT2D eigenvalue weighted by atomic mass is 10.1. The average Bonchev–Trinajstić information content (AvgIpc) is 2.96. The predicted molar refractivity (Wildman–Crippen MR) is 84.6 cm³/mol. The van der Waals surface area contributed by atoms with Crippen molar-refractivity contribution in [1.82, 2.24) is 0 Å². The monoisotopic (exact) mass is 318 g/mol. The van der Waals surface area contributed by atoms with E-state index in [9.17, 15) is 4.79 Å². The summed E-state index contributed by atoms with van der Waals surface area (Å²) < 4.78 is 5.81. The van der Waals surface area contributed by atoms with Gasteiger partial charge in [0.25, 0.3) is 0 Å².